The normalized spacial score (nSPS) is 15.5. The zero-order chi connectivity index (χ0) is 22.8. The first-order valence-electron chi connectivity index (χ1n) is 9.73. The van der Waals surface area contributed by atoms with Gasteiger partial charge in [-0.3, -0.25) is 9.59 Å². The van der Waals surface area contributed by atoms with E-state index in [1.165, 1.54) is 0 Å². The maximum atomic E-state index is 12.7. The molecule has 0 saturated carbocycles. The smallest absolute Gasteiger partial charge is 0.248 e. The number of hydrogen-bond acceptors (Lipinski definition) is 4. The summed E-state index contributed by atoms with van der Waals surface area (Å²) in [5.41, 5.74) is 7.47. The number of nitriles is 1. The number of nitrogens with zero attached hydrogens (tertiary/aromatic N) is 2. The summed E-state index contributed by atoms with van der Waals surface area (Å²) in [6.07, 6.45) is 0.289. The number of benzene rings is 3. The molecule has 1 aliphatic rings. The Hall–Kier alpha value is -3.53. The number of rotatable bonds is 5. The van der Waals surface area contributed by atoms with Crippen LogP contribution >= 0.6 is 23.2 Å². The molecule has 160 valence electrons. The van der Waals surface area contributed by atoms with Gasteiger partial charge in [-0.25, -0.2) is 0 Å². The molecular formula is C24H17Cl2N3O3. The van der Waals surface area contributed by atoms with E-state index in [0.29, 0.717) is 33.6 Å². The molecule has 0 aromatic heterocycles. The zero-order valence-corrected chi connectivity index (χ0v) is 18.2. The fourth-order valence-corrected chi connectivity index (χ4v) is 4.04. The van der Waals surface area contributed by atoms with Crippen LogP contribution in [0.25, 0.3) is 0 Å². The van der Waals surface area contributed by atoms with Crippen LogP contribution in [0, 0.1) is 11.3 Å². The van der Waals surface area contributed by atoms with Gasteiger partial charge in [-0.15, -0.1) is 0 Å². The monoisotopic (exact) mass is 465 g/mol. The standard InChI is InChI=1S/C24H17Cl2N3O3/c25-19-8-7-14(10-21(19)32-23-16(12-27)4-2-6-20(23)26)17-11-22(30)29(13-17)18-5-1-3-15(9-18)24(28)31/h1-10,17H,11,13H2,(H2,28,31)/t17-/m0/s1. The van der Waals surface area contributed by atoms with Gasteiger partial charge in [-0.2, -0.15) is 5.26 Å². The minimum absolute atomic E-state index is 0.0630. The number of nitrogens with two attached hydrogens (primary N) is 1. The number of para-hydroxylation sites is 1. The Morgan fingerprint density at radius 1 is 1.09 bits per heavy atom. The van der Waals surface area contributed by atoms with Crippen molar-refractivity contribution in [3.05, 3.63) is 87.4 Å². The molecule has 4 rings (SSSR count). The second-order valence-electron chi connectivity index (χ2n) is 7.34. The van der Waals surface area contributed by atoms with Gasteiger partial charge in [0.2, 0.25) is 11.8 Å². The average Bonchev–Trinajstić information content (AvgIpc) is 3.18. The van der Waals surface area contributed by atoms with Crippen molar-refractivity contribution in [3.8, 4) is 17.6 Å². The maximum absolute atomic E-state index is 12.7. The summed E-state index contributed by atoms with van der Waals surface area (Å²) in [7, 11) is 0. The first kappa shape index (κ1) is 21.7. The molecule has 0 bridgehead atoms. The number of halogens is 2. The molecule has 1 saturated heterocycles. The van der Waals surface area contributed by atoms with E-state index in [2.05, 4.69) is 6.07 Å². The Labute approximate surface area is 194 Å². The number of carbonyl (C=O) groups excluding carboxylic acids is 2. The van der Waals surface area contributed by atoms with Crippen LogP contribution in [0.2, 0.25) is 10.0 Å². The van der Waals surface area contributed by atoms with E-state index in [-0.39, 0.29) is 29.6 Å². The van der Waals surface area contributed by atoms with E-state index < -0.39 is 5.91 Å². The fraction of sp³-hybridized carbons (Fsp3) is 0.125. The number of amides is 2. The van der Waals surface area contributed by atoms with Gasteiger partial charge in [0.05, 0.1) is 15.6 Å². The van der Waals surface area contributed by atoms with Crippen LogP contribution in [0.5, 0.6) is 11.5 Å². The molecule has 1 heterocycles. The summed E-state index contributed by atoms with van der Waals surface area (Å²) in [4.78, 5) is 25.8. The summed E-state index contributed by atoms with van der Waals surface area (Å²) in [6, 6.07) is 18.9. The third kappa shape index (κ3) is 4.26. The predicted octanol–water partition coefficient (Wildman–Crippen LogP) is 5.28. The lowest BCUT2D eigenvalue weighted by atomic mass is 9.98. The number of hydrogen-bond donors (Lipinski definition) is 1. The van der Waals surface area contributed by atoms with Crippen molar-refractivity contribution in [2.75, 3.05) is 11.4 Å². The van der Waals surface area contributed by atoms with E-state index in [1.54, 1.807) is 59.5 Å². The molecule has 3 aromatic rings. The van der Waals surface area contributed by atoms with Crippen LogP contribution in [0.3, 0.4) is 0 Å². The summed E-state index contributed by atoms with van der Waals surface area (Å²) >= 11 is 12.5. The lowest BCUT2D eigenvalue weighted by Crippen LogP contribution is -2.24. The molecule has 3 aromatic carbocycles. The van der Waals surface area contributed by atoms with Gasteiger partial charge in [0.1, 0.15) is 11.8 Å². The Kier molecular flexibility index (Phi) is 6.04. The van der Waals surface area contributed by atoms with Crippen LogP contribution in [0.1, 0.15) is 33.8 Å². The molecule has 0 unspecified atom stereocenters. The van der Waals surface area contributed by atoms with Crippen molar-refractivity contribution in [1.29, 1.82) is 5.26 Å². The molecule has 0 spiro atoms. The van der Waals surface area contributed by atoms with Gasteiger partial charge >= 0.3 is 0 Å². The highest BCUT2D eigenvalue weighted by Crippen LogP contribution is 2.39. The van der Waals surface area contributed by atoms with Gasteiger partial charge in [-0.05, 0) is 48.0 Å². The van der Waals surface area contributed by atoms with Crippen LogP contribution < -0.4 is 15.4 Å². The van der Waals surface area contributed by atoms with Crippen LogP contribution in [-0.2, 0) is 4.79 Å². The molecular weight excluding hydrogens is 449 g/mol. The molecule has 2 amide bonds. The molecule has 8 heteroatoms. The maximum Gasteiger partial charge on any atom is 0.248 e. The third-order valence-electron chi connectivity index (χ3n) is 5.29. The Morgan fingerprint density at radius 3 is 2.62 bits per heavy atom. The second-order valence-corrected chi connectivity index (χ2v) is 8.15. The summed E-state index contributed by atoms with van der Waals surface area (Å²) in [5, 5.41) is 9.99. The molecule has 2 N–H and O–H groups in total. The Bertz CT molecular complexity index is 1270. The van der Waals surface area contributed by atoms with Crippen LogP contribution in [0.4, 0.5) is 5.69 Å². The van der Waals surface area contributed by atoms with Gasteiger partial charge in [0.25, 0.3) is 0 Å². The van der Waals surface area contributed by atoms with Gasteiger partial charge in [0.15, 0.2) is 5.75 Å². The Balaban J connectivity index is 1.61. The van der Waals surface area contributed by atoms with Crippen LogP contribution in [0.15, 0.2) is 60.7 Å². The van der Waals surface area contributed by atoms with Gasteiger partial charge < -0.3 is 15.4 Å². The summed E-state index contributed by atoms with van der Waals surface area (Å²) in [6.45, 7) is 0.428. The summed E-state index contributed by atoms with van der Waals surface area (Å²) < 4.78 is 5.91. The van der Waals surface area contributed by atoms with Crippen molar-refractivity contribution in [3.63, 3.8) is 0 Å². The van der Waals surface area contributed by atoms with Crippen molar-refractivity contribution < 1.29 is 14.3 Å². The predicted molar refractivity (Wildman–Crippen MR) is 122 cm³/mol. The Morgan fingerprint density at radius 2 is 1.88 bits per heavy atom. The molecule has 1 aliphatic heterocycles. The highest BCUT2D eigenvalue weighted by molar-refractivity contribution is 6.33. The number of carbonyl (C=O) groups is 2. The third-order valence-corrected chi connectivity index (χ3v) is 5.90. The molecule has 1 atom stereocenters. The average molecular weight is 466 g/mol. The highest BCUT2D eigenvalue weighted by atomic mass is 35.5. The van der Waals surface area contributed by atoms with E-state index >= 15 is 0 Å². The number of anilines is 1. The first-order valence-corrected chi connectivity index (χ1v) is 10.5. The lowest BCUT2D eigenvalue weighted by Gasteiger charge is -2.18. The van der Waals surface area contributed by atoms with Crippen molar-refractivity contribution in [2.45, 2.75) is 12.3 Å². The molecule has 0 aliphatic carbocycles. The number of ether oxygens (including phenoxy) is 1. The quantitative estimate of drug-likeness (QED) is 0.554. The fourth-order valence-electron chi connectivity index (χ4n) is 3.67. The largest absolute Gasteiger partial charge is 0.453 e. The SMILES string of the molecule is N#Cc1cccc(Cl)c1Oc1cc([C@H]2CC(=O)N(c3cccc(C(N)=O)c3)C2)ccc1Cl. The van der Waals surface area contributed by atoms with Gasteiger partial charge in [-0.1, -0.05) is 41.4 Å². The van der Waals surface area contributed by atoms with E-state index in [1.807, 2.05) is 6.07 Å². The van der Waals surface area contributed by atoms with E-state index in [9.17, 15) is 14.9 Å². The minimum atomic E-state index is -0.550. The molecule has 0 radical (unpaired) electrons. The highest BCUT2D eigenvalue weighted by Gasteiger charge is 2.32. The number of primary amides is 1. The van der Waals surface area contributed by atoms with Crippen molar-refractivity contribution in [2.24, 2.45) is 5.73 Å². The minimum Gasteiger partial charge on any atom is -0.453 e. The van der Waals surface area contributed by atoms with Crippen molar-refractivity contribution >= 4 is 40.7 Å². The molecule has 32 heavy (non-hydrogen) atoms. The van der Waals surface area contributed by atoms with E-state index in [0.717, 1.165) is 5.56 Å². The van der Waals surface area contributed by atoms with E-state index in [4.69, 9.17) is 33.7 Å². The van der Waals surface area contributed by atoms with Crippen molar-refractivity contribution in [1.82, 2.24) is 0 Å². The second kappa shape index (κ2) is 8.91. The molecule has 6 nitrogen and oxygen atoms in total. The zero-order valence-electron chi connectivity index (χ0n) is 16.7. The van der Waals surface area contributed by atoms with Crippen LogP contribution in [-0.4, -0.2) is 18.4 Å². The molecule has 1 fully saturated rings. The summed E-state index contributed by atoms with van der Waals surface area (Å²) in [5.74, 6) is -0.155. The first-order chi connectivity index (χ1) is 15.4. The lowest BCUT2D eigenvalue weighted by molar-refractivity contribution is -0.117. The topological polar surface area (TPSA) is 96.4 Å². The van der Waals surface area contributed by atoms with Gasteiger partial charge in [0, 0.05) is 30.1 Å².